The molecule has 0 bridgehead atoms. The molecule has 1 aliphatic rings. The van der Waals surface area contributed by atoms with E-state index in [0.29, 0.717) is 12.1 Å². The van der Waals surface area contributed by atoms with E-state index in [1.165, 1.54) is 6.33 Å². The van der Waals surface area contributed by atoms with Crippen molar-refractivity contribution < 1.29 is 24.6 Å². The van der Waals surface area contributed by atoms with E-state index in [1.807, 2.05) is 30.3 Å². The largest absolute Gasteiger partial charge is 0.390 e. The van der Waals surface area contributed by atoms with Gasteiger partial charge in [0.2, 0.25) is 17.7 Å². The number of hydrogen-bond donors (Lipinski definition) is 6. The number of aliphatic hydroxyl groups excluding tert-OH is 2. The summed E-state index contributed by atoms with van der Waals surface area (Å²) >= 11 is 0. The van der Waals surface area contributed by atoms with Crippen LogP contribution >= 0.6 is 0 Å². The van der Waals surface area contributed by atoms with Gasteiger partial charge in [0.1, 0.15) is 18.2 Å². The number of carbonyl (C=O) groups excluding carboxylic acids is 3. The minimum absolute atomic E-state index is 0.0707. The van der Waals surface area contributed by atoms with Gasteiger partial charge in [-0.3, -0.25) is 14.4 Å². The SMILES string of the molecule is CC(C)C(=O)N[C@@H](Cc1ccccc1)C(=O)N[C@@H](Cc1cnc[nH]1)C(=O)N[C@@H](CC1CCCCC1)[C@@H](O)[C@@H](O)CN=[N+]=[N-]. The van der Waals surface area contributed by atoms with Crippen LogP contribution in [-0.4, -0.2) is 74.8 Å². The Bertz CT molecular complexity index is 1200. The second kappa shape index (κ2) is 17.3. The summed E-state index contributed by atoms with van der Waals surface area (Å²) < 4.78 is 0. The van der Waals surface area contributed by atoms with Gasteiger partial charge in [0.05, 0.1) is 25.0 Å². The number of carbonyl (C=O) groups is 3. The van der Waals surface area contributed by atoms with E-state index >= 15 is 0 Å². The first-order valence-electron chi connectivity index (χ1n) is 15.0. The van der Waals surface area contributed by atoms with E-state index in [1.54, 1.807) is 20.0 Å². The number of amides is 3. The molecular formula is C30H44N8O5. The van der Waals surface area contributed by atoms with Gasteiger partial charge in [0, 0.05) is 35.6 Å². The molecule has 0 radical (unpaired) electrons. The normalized spacial score (nSPS) is 17.1. The number of imidazole rings is 1. The predicted octanol–water partition coefficient (Wildman–Crippen LogP) is 2.31. The molecule has 1 saturated carbocycles. The standard InChI is InChI=1S/C30H44N8O5/c1-19(2)28(41)36-24(14-21-11-7-4-8-12-21)29(42)37-25(15-22-16-32-18-33-22)30(43)35-23(13-20-9-5-3-6-10-20)27(40)26(39)17-34-38-31/h4,7-8,11-12,16,18-20,23-27,39-40H,3,5-6,9-10,13-15,17H2,1-2H3,(H,32,33)(H,35,43)(H,36,41)(H,37,42)/t23-,24-,25-,26-,27+/m0/s1. The Hall–Kier alpha value is -3.93. The third-order valence-corrected chi connectivity index (χ3v) is 7.83. The number of rotatable bonds is 16. The van der Waals surface area contributed by atoms with E-state index in [0.717, 1.165) is 37.7 Å². The van der Waals surface area contributed by atoms with Crippen LogP contribution in [0.3, 0.4) is 0 Å². The van der Waals surface area contributed by atoms with Crippen LogP contribution in [0.15, 0.2) is 48.0 Å². The second-order valence-corrected chi connectivity index (χ2v) is 11.6. The summed E-state index contributed by atoms with van der Waals surface area (Å²) in [6.07, 6.45) is 6.06. The fraction of sp³-hybridized carbons (Fsp3) is 0.600. The monoisotopic (exact) mass is 596 g/mol. The Balaban J connectivity index is 1.83. The summed E-state index contributed by atoms with van der Waals surface area (Å²) in [4.78, 5) is 49.7. The Morgan fingerprint density at radius 2 is 1.65 bits per heavy atom. The molecule has 1 heterocycles. The zero-order chi connectivity index (χ0) is 31.2. The number of hydrogen-bond acceptors (Lipinski definition) is 7. The number of benzene rings is 1. The van der Waals surface area contributed by atoms with Gasteiger partial charge >= 0.3 is 0 Å². The first-order chi connectivity index (χ1) is 20.7. The van der Waals surface area contributed by atoms with Crippen LogP contribution in [0.1, 0.15) is 63.6 Å². The maximum absolute atomic E-state index is 13.8. The highest BCUT2D eigenvalue weighted by atomic mass is 16.3. The number of nitrogens with zero attached hydrogens (tertiary/aromatic N) is 4. The van der Waals surface area contributed by atoms with Gasteiger partial charge < -0.3 is 31.1 Å². The molecule has 5 atom stereocenters. The maximum atomic E-state index is 13.8. The summed E-state index contributed by atoms with van der Waals surface area (Å²) in [5, 5.41) is 33.4. The Morgan fingerprint density at radius 3 is 2.28 bits per heavy atom. The molecule has 1 aliphatic carbocycles. The molecule has 2 aromatic rings. The molecule has 6 N–H and O–H groups in total. The first-order valence-corrected chi connectivity index (χ1v) is 15.0. The summed E-state index contributed by atoms with van der Waals surface area (Å²) in [5.41, 5.74) is 10.1. The fourth-order valence-corrected chi connectivity index (χ4v) is 5.34. The van der Waals surface area contributed by atoms with Crippen molar-refractivity contribution in [2.45, 2.75) is 95.5 Å². The third kappa shape index (κ3) is 11.0. The highest BCUT2D eigenvalue weighted by Gasteiger charge is 2.34. The maximum Gasteiger partial charge on any atom is 0.243 e. The summed E-state index contributed by atoms with van der Waals surface area (Å²) in [6, 6.07) is 6.39. The predicted molar refractivity (Wildman–Crippen MR) is 160 cm³/mol. The van der Waals surface area contributed by atoms with Crippen molar-refractivity contribution in [1.82, 2.24) is 25.9 Å². The van der Waals surface area contributed by atoms with E-state index in [9.17, 15) is 24.6 Å². The molecule has 0 aliphatic heterocycles. The molecule has 13 nitrogen and oxygen atoms in total. The average molecular weight is 597 g/mol. The highest BCUT2D eigenvalue weighted by molar-refractivity contribution is 5.92. The quantitative estimate of drug-likeness (QED) is 0.0973. The zero-order valence-electron chi connectivity index (χ0n) is 24.9. The van der Waals surface area contributed by atoms with Crippen LogP contribution in [0.25, 0.3) is 10.4 Å². The van der Waals surface area contributed by atoms with Gasteiger partial charge in [-0.1, -0.05) is 81.4 Å². The lowest BCUT2D eigenvalue weighted by Gasteiger charge is -2.33. The number of aliphatic hydroxyl groups is 2. The Morgan fingerprint density at radius 1 is 1.00 bits per heavy atom. The number of aromatic nitrogens is 2. The van der Waals surface area contributed by atoms with Gasteiger partial charge in [-0.25, -0.2) is 4.98 Å². The van der Waals surface area contributed by atoms with Crippen LogP contribution in [0, 0.1) is 11.8 Å². The lowest BCUT2D eigenvalue weighted by Crippen LogP contribution is -2.58. The smallest absolute Gasteiger partial charge is 0.243 e. The van der Waals surface area contributed by atoms with Gasteiger partial charge in [-0.15, -0.1) is 0 Å². The molecule has 13 heteroatoms. The molecule has 43 heavy (non-hydrogen) atoms. The average Bonchev–Trinajstić information content (AvgIpc) is 3.52. The fourth-order valence-electron chi connectivity index (χ4n) is 5.34. The van der Waals surface area contributed by atoms with Crippen LogP contribution in [0.2, 0.25) is 0 Å². The lowest BCUT2D eigenvalue weighted by molar-refractivity contribution is -0.133. The summed E-state index contributed by atoms with van der Waals surface area (Å²) in [5.74, 6) is -1.51. The molecule has 3 amide bonds. The van der Waals surface area contributed by atoms with Crippen LogP contribution in [-0.2, 0) is 27.2 Å². The van der Waals surface area contributed by atoms with Crippen LogP contribution in [0.4, 0.5) is 0 Å². The Kier molecular flexibility index (Phi) is 13.5. The van der Waals surface area contributed by atoms with E-state index in [2.05, 4.69) is 35.9 Å². The summed E-state index contributed by atoms with van der Waals surface area (Å²) in [6.45, 7) is 3.12. The van der Waals surface area contributed by atoms with Gasteiger partial charge in [-0.2, -0.15) is 0 Å². The highest BCUT2D eigenvalue weighted by Crippen LogP contribution is 2.28. The summed E-state index contributed by atoms with van der Waals surface area (Å²) in [7, 11) is 0. The van der Waals surface area contributed by atoms with Gasteiger partial charge in [-0.05, 0) is 23.4 Å². The minimum Gasteiger partial charge on any atom is -0.390 e. The Labute approximate surface area is 251 Å². The van der Waals surface area contributed by atoms with E-state index < -0.39 is 42.1 Å². The van der Waals surface area contributed by atoms with Crippen molar-refractivity contribution in [2.75, 3.05) is 6.54 Å². The van der Waals surface area contributed by atoms with Crippen molar-refractivity contribution >= 4 is 17.7 Å². The van der Waals surface area contributed by atoms with Gasteiger partial charge in [0.15, 0.2) is 0 Å². The zero-order valence-corrected chi connectivity index (χ0v) is 24.9. The molecule has 234 valence electrons. The van der Waals surface area contributed by atoms with Crippen molar-refractivity contribution in [1.29, 1.82) is 0 Å². The van der Waals surface area contributed by atoms with Crippen molar-refractivity contribution in [3.05, 3.63) is 64.6 Å². The molecule has 3 rings (SSSR count). The van der Waals surface area contributed by atoms with E-state index in [-0.39, 0.29) is 37.1 Å². The van der Waals surface area contributed by atoms with E-state index in [4.69, 9.17) is 5.53 Å². The molecule has 1 aromatic carbocycles. The molecule has 0 spiro atoms. The van der Waals surface area contributed by atoms with Crippen molar-refractivity contribution in [2.24, 2.45) is 17.0 Å². The third-order valence-electron chi connectivity index (χ3n) is 7.83. The molecule has 1 fully saturated rings. The molecule has 0 unspecified atom stereocenters. The molecule has 0 saturated heterocycles. The van der Waals surface area contributed by atoms with Gasteiger partial charge in [0.25, 0.3) is 0 Å². The number of H-pyrrole nitrogens is 1. The number of azide groups is 1. The van der Waals surface area contributed by atoms with Crippen molar-refractivity contribution in [3.8, 4) is 0 Å². The number of aromatic amines is 1. The van der Waals surface area contributed by atoms with Crippen LogP contribution < -0.4 is 16.0 Å². The topological polar surface area (TPSA) is 205 Å². The molecule has 1 aromatic heterocycles. The van der Waals surface area contributed by atoms with Crippen molar-refractivity contribution in [3.63, 3.8) is 0 Å². The first kappa shape index (κ1) is 33.6. The second-order valence-electron chi connectivity index (χ2n) is 11.6. The number of nitrogens with one attached hydrogen (secondary N) is 4. The van der Waals surface area contributed by atoms with Crippen LogP contribution in [0.5, 0.6) is 0 Å². The molecular weight excluding hydrogens is 552 g/mol. The lowest BCUT2D eigenvalue weighted by atomic mass is 9.83. The minimum atomic E-state index is -1.39.